The van der Waals surface area contributed by atoms with Crippen LogP contribution in [0.2, 0.25) is 5.02 Å². The van der Waals surface area contributed by atoms with Crippen LogP contribution in [0, 0.1) is 22.7 Å². The van der Waals surface area contributed by atoms with Gasteiger partial charge in [0, 0.05) is 61.1 Å². The number of ether oxygens (including phenoxy) is 1. The summed E-state index contributed by atoms with van der Waals surface area (Å²) in [5, 5.41) is 20.2. The number of piperidine rings is 1. The van der Waals surface area contributed by atoms with E-state index in [9.17, 15) is 5.11 Å². The van der Waals surface area contributed by atoms with Crippen LogP contribution < -0.4 is 15.5 Å². The summed E-state index contributed by atoms with van der Waals surface area (Å²) in [6.45, 7) is 5.74. The average Bonchev–Trinajstić information content (AvgIpc) is 3.12. The third-order valence-electron chi connectivity index (χ3n) is 7.54. The van der Waals surface area contributed by atoms with E-state index in [1.807, 2.05) is 13.0 Å². The zero-order valence-corrected chi connectivity index (χ0v) is 21.3. The smallest absolute Gasteiger partial charge is 0.152 e. The summed E-state index contributed by atoms with van der Waals surface area (Å²) in [6.07, 6.45) is 5.97. The van der Waals surface area contributed by atoms with Crippen molar-refractivity contribution in [3.63, 3.8) is 0 Å². The lowest BCUT2D eigenvalue weighted by Gasteiger charge is -2.41. The number of rotatable bonds is 6. The second-order valence-corrected chi connectivity index (χ2v) is 11.2. The first-order chi connectivity index (χ1) is 16.9. The summed E-state index contributed by atoms with van der Waals surface area (Å²) in [7, 11) is 0. The van der Waals surface area contributed by atoms with E-state index in [0.717, 1.165) is 55.6 Å². The van der Waals surface area contributed by atoms with E-state index in [0.29, 0.717) is 34.7 Å². The van der Waals surface area contributed by atoms with E-state index >= 15 is 0 Å². The average molecular weight is 516 g/mol. The van der Waals surface area contributed by atoms with Crippen molar-refractivity contribution in [2.75, 3.05) is 42.6 Å². The molecule has 0 saturated carbocycles. The second-order valence-electron chi connectivity index (χ2n) is 9.71. The van der Waals surface area contributed by atoms with Crippen molar-refractivity contribution in [1.82, 2.24) is 15.0 Å². The van der Waals surface area contributed by atoms with E-state index in [-0.39, 0.29) is 24.2 Å². The van der Waals surface area contributed by atoms with E-state index in [1.54, 1.807) is 12.4 Å². The third kappa shape index (κ3) is 4.68. The van der Waals surface area contributed by atoms with Crippen LogP contribution in [0.15, 0.2) is 28.4 Å². The molecule has 3 aliphatic heterocycles. The number of nitrogens with zero attached hydrogens (tertiary/aromatic N) is 6. The molecule has 3 saturated heterocycles. The highest BCUT2D eigenvalue weighted by Gasteiger charge is 2.47. The van der Waals surface area contributed by atoms with E-state index in [1.165, 1.54) is 11.8 Å². The van der Waals surface area contributed by atoms with Gasteiger partial charge in [-0.3, -0.25) is 0 Å². The van der Waals surface area contributed by atoms with Gasteiger partial charge in [-0.25, -0.2) is 15.0 Å². The van der Waals surface area contributed by atoms with Crippen molar-refractivity contribution >= 4 is 35.0 Å². The fourth-order valence-corrected chi connectivity index (χ4v) is 6.43. The van der Waals surface area contributed by atoms with Crippen LogP contribution in [0.25, 0.3) is 0 Å². The largest absolute Gasteiger partial charge is 0.390 e. The van der Waals surface area contributed by atoms with Crippen LogP contribution in [0.4, 0.5) is 11.6 Å². The Labute approximate surface area is 214 Å². The molecule has 0 amide bonds. The molecule has 0 radical (unpaired) electrons. The summed E-state index contributed by atoms with van der Waals surface area (Å²) < 4.78 is 5.83. The highest BCUT2D eigenvalue weighted by atomic mass is 35.5. The fourth-order valence-electron chi connectivity index (χ4n) is 5.29. The molecular formula is C24H30ClN7O2S. The number of anilines is 2. The predicted molar refractivity (Wildman–Crippen MR) is 135 cm³/mol. The first kappa shape index (κ1) is 24.5. The molecule has 0 bridgehead atoms. The molecule has 3 N–H and O–H groups in total. The minimum atomic E-state index is -0.193. The zero-order valence-electron chi connectivity index (χ0n) is 19.7. The van der Waals surface area contributed by atoms with Gasteiger partial charge in [-0.15, -0.1) is 0 Å². The van der Waals surface area contributed by atoms with Gasteiger partial charge in [0.05, 0.1) is 36.6 Å². The molecular weight excluding hydrogens is 486 g/mol. The molecule has 9 nitrogen and oxygen atoms in total. The lowest BCUT2D eigenvalue weighted by molar-refractivity contribution is 0.0973. The number of hydrogen-bond donors (Lipinski definition) is 2. The Morgan fingerprint density at radius 2 is 2.06 bits per heavy atom. The van der Waals surface area contributed by atoms with Crippen molar-refractivity contribution in [3.8, 4) is 6.07 Å². The maximum Gasteiger partial charge on any atom is 0.152 e. The maximum absolute atomic E-state index is 10.1. The predicted octanol–water partition coefficient (Wildman–Crippen LogP) is 2.85. The minimum Gasteiger partial charge on any atom is -0.390 e. The molecule has 186 valence electrons. The second kappa shape index (κ2) is 10.1. The Kier molecular flexibility index (Phi) is 7.06. The van der Waals surface area contributed by atoms with E-state index in [2.05, 4.69) is 25.8 Å². The molecule has 0 unspecified atom stereocenters. The standard InChI is InChI=1S/C24H30ClN7O2S/c1-15-21(27)24(14-34-15)4-8-31(9-5-24)22-17(13-33)30-19(10-29-22)35-18-3-7-28-23(20(18)25)32-11-16(12-32)2-6-26/h3,7,10,15-16,21,33H,2,4-5,8-9,11-14,27H2,1H3/t15-,21+/m0/s1. The van der Waals surface area contributed by atoms with Gasteiger partial charge in [-0.2, -0.15) is 5.26 Å². The number of nitriles is 1. The summed E-state index contributed by atoms with van der Waals surface area (Å²) in [6, 6.07) is 4.13. The Hall–Kier alpha value is -2.16. The van der Waals surface area contributed by atoms with Crippen LogP contribution in [0.1, 0.15) is 31.9 Å². The summed E-state index contributed by atoms with van der Waals surface area (Å²) in [4.78, 5) is 18.9. The molecule has 5 heterocycles. The van der Waals surface area contributed by atoms with Gasteiger partial charge in [0.15, 0.2) is 5.82 Å². The summed E-state index contributed by atoms with van der Waals surface area (Å²) in [5.41, 5.74) is 7.03. The SMILES string of the molecule is C[C@@H]1OCC2(CCN(c3ncc(Sc4ccnc(N5CC(CC#N)C5)c4Cl)nc3CO)CC2)[C@@H]1N. The number of nitrogens with two attached hydrogens (primary N) is 1. The number of aliphatic hydroxyl groups is 1. The third-order valence-corrected chi connectivity index (χ3v) is 8.99. The fraction of sp³-hybridized carbons (Fsp3) is 0.583. The Morgan fingerprint density at radius 3 is 2.71 bits per heavy atom. The monoisotopic (exact) mass is 515 g/mol. The molecule has 5 rings (SSSR count). The van der Waals surface area contributed by atoms with Gasteiger partial charge >= 0.3 is 0 Å². The highest BCUT2D eigenvalue weighted by molar-refractivity contribution is 7.99. The van der Waals surface area contributed by atoms with Gasteiger partial charge in [0.2, 0.25) is 0 Å². The molecule has 3 fully saturated rings. The van der Waals surface area contributed by atoms with E-state index in [4.69, 9.17) is 32.3 Å². The Morgan fingerprint density at radius 1 is 1.29 bits per heavy atom. The molecule has 0 aromatic carbocycles. The van der Waals surface area contributed by atoms with Gasteiger partial charge in [0.25, 0.3) is 0 Å². The van der Waals surface area contributed by atoms with Gasteiger partial charge < -0.3 is 25.4 Å². The maximum atomic E-state index is 10.1. The van der Waals surface area contributed by atoms with Crippen molar-refractivity contribution in [2.24, 2.45) is 17.1 Å². The molecule has 2 aromatic heterocycles. The number of hydrogen-bond acceptors (Lipinski definition) is 10. The zero-order chi connectivity index (χ0) is 24.6. The number of aliphatic hydroxyl groups excluding tert-OH is 1. The van der Waals surface area contributed by atoms with Crippen LogP contribution in [0.3, 0.4) is 0 Å². The van der Waals surface area contributed by atoms with Crippen LogP contribution in [0.5, 0.6) is 0 Å². The van der Waals surface area contributed by atoms with Crippen molar-refractivity contribution < 1.29 is 9.84 Å². The molecule has 11 heteroatoms. The quantitative estimate of drug-likeness (QED) is 0.593. The van der Waals surface area contributed by atoms with E-state index < -0.39 is 0 Å². The molecule has 35 heavy (non-hydrogen) atoms. The first-order valence-corrected chi connectivity index (χ1v) is 13.2. The molecule has 2 atom stereocenters. The van der Waals surface area contributed by atoms with Gasteiger partial charge in [0.1, 0.15) is 16.5 Å². The van der Waals surface area contributed by atoms with Crippen molar-refractivity contribution in [1.29, 1.82) is 5.26 Å². The molecule has 0 aliphatic carbocycles. The Bertz CT molecular complexity index is 1120. The minimum absolute atomic E-state index is 0.0272. The molecule has 1 spiro atoms. The van der Waals surface area contributed by atoms with Gasteiger partial charge in [-0.1, -0.05) is 23.4 Å². The highest BCUT2D eigenvalue weighted by Crippen LogP contribution is 2.43. The van der Waals surface area contributed by atoms with Crippen molar-refractivity contribution in [2.45, 2.75) is 54.9 Å². The number of halogens is 1. The Balaban J connectivity index is 1.28. The van der Waals surface area contributed by atoms with Crippen molar-refractivity contribution in [3.05, 3.63) is 29.2 Å². The van der Waals surface area contributed by atoms with Crippen LogP contribution in [-0.2, 0) is 11.3 Å². The normalized spacial score (nSPS) is 24.0. The van der Waals surface area contributed by atoms with Crippen LogP contribution >= 0.6 is 23.4 Å². The summed E-state index contributed by atoms with van der Waals surface area (Å²) in [5.74, 6) is 1.81. The molecule has 2 aromatic rings. The topological polar surface area (TPSA) is 124 Å². The lowest BCUT2D eigenvalue weighted by atomic mass is 9.73. The number of aromatic nitrogens is 3. The van der Waals surface area contributed by atoms with Gasteiger partial charge in [-0.05, 0) is 25.8 Å². The molecule has 3 aliphatic rings. The number of pyridine rings is 1. The lowest BCUT2D eigenvalue weighted by Crippen LogP contribution is -2.51. The summed E-state index contributed by atoms with van der Waals surface area (Å²) >= 11 is 8.09. The first-order valence-electron chi connectivity index (χ1n) is 12.0. The van der Waals surface area contributed by atoms with Crippen LogP contribution in [-0.4, -0.2) is 65.0 Å².